The van der Waals surface area contributed by atoms with Crippen LogP contribution in [0.2, 0.25) is 0 Å². The number of hydrogen-bond acceptors (Lipinski definition) is 4. The molecule has 3 N–H and O–H groups in total. The lowest BCUT2D eigenvalue weighted by molar-refractivity contribution is 0.0951. The molecule has 0 saturated heterocycles. The highest BCUT2D eigenvalue weighted by Gasteiger charge is 2.10. The Bertz CT molecular complexity index is 528. The van der Waals surface area contributed by atoms with Crippen molar-refractivity contribution in [1.82, 2.24) is 10.3 Å². The molecule has 0 fully saturated rings. The summed E-state index contributed by atoms with van der Waals surface area (Å²) in [5, 5.41) is 6.75. The Labute approximate surface area is 111 Å². The smallest absolute Gasteiger partial charge is 0.255 e. The molecule has 0 aliphatic heterocycles. The fourth-order valence-electron chi connectivity index (χ4n) is 1.30. The van der Waals surface area contributed by atoms with Crippen molar-refractivity contribution in [3.63, 3.8) is 0 Å². The number of carbonyl (C=O) groups is 1. The highest BCUT2D eigenvalue weighted by molar-refractivity contribution is 9.10. The molecule has 0 aliphatic carbocycles. The second kappa shape index (κ2) is 5.29. The van der Waals surface area contributed by atoms with E-state index in [2.05, 4.69) is 26.2 Å². The average molecular weight is 312 g/mol. The molecule has 17 heavy (non-hydrogen) atoms. The van der Waals surface area contributed by atoms with Gasteiger partial charge in [0, 0.05) is 17.2 Å². The topological polar surface area (TPSA) is 68.0 Å². The maximum absolute atomic E-state index is 11.9. The first-order valence-electron chi connectivity index (χ1n) is 4.87. The van der Waals surface area contributed by atoms with Gasteiger partial charge in [-0.2, -0.15) is 11.3 Å². The van der Waals surface area contributed by atoms with Crippen LogP contribution in [-0.2, 0) is 6.54 Å². The molecule has 0 aromatic carbocycles. The number of rotatable bonds is 3. The number of nitrogens with zero attached hydrogens (tertiary/aromatic N) is 1. The first-order chi connectivity index (χ1) is 8.16. The van der Waals surface area contributed by atoms with E-state index in [-0.39, 0.29) is 11.7 Å². The molecule has 0 radical (unpaired) electrons. The Kier molecular flexibility index (Phi) is 3.75. The maximum Gasteiger partial charge on any atom is 0.255 e. The Morgan fingerprint density at radius 1 is 1.59 bits per heavy atom. The zero-order valence-electron chi connectivity index (χ0n) is 8.81. The van der Waals surface area contributed by atoms with E-state index in [0.29, 0.717) is 12.1 Å². The van der Waals surface area contributed by atoms with E-state index in [1.165, 1.54) is 0 Å². The highest BCUT2D eigenvalue weighted by atomic mass is 79.9. The van der Waals surface area contributed by atoms with E-state index < -0.39 is 0 Å². The average Bonchev–Trinajstić information content (AvgIpc) is 2.82. The quantitative estimate of drug-likeness (QED) is 0.914. The molecule has 0 saturated carbocycles. The number of nitrogens with two attached hydrogens (primary N) is 1. The number of nitrogens with one attached hydrogen (secondary N) is 1. The van der Waals surface area contributed by atoms with E-state index in [1.54, 1.807) is 23.6 Å². The Balaban J connectivity index is 2.07. The molecule has 2 aromatic heterocycles. The molecular formula is C11H10BrN3OS. The number of pyridine rings is 1. The van der Waals surface area contributed by atoms with Gasteiger partial charge in [0.1, 0.15) is 5.82 Å². The predicted molar refractivity (Wildman–Crippen MR) is 71.8 cm³/mol. The Morgan fingerprint density at radius 2 is 2.41 bits per heavy atom. The van der Waals surface area contributed by atoms with Crippen LogP contribution in [0.1, 0.15) is 15.9 Å². The van der Waals surface area contributed by atoms with Gasteiger partial charge in [-0.25, -0.2) is 4.98 Å². The molecule has 2 rings (SSSR count). The molecular weight excluding hydrogens is 302 g/mol. The zero-order chi connectivity index (χ0) is 12.3. The lowest BCUT2D eigenvalue weighted by atomic mass is 10.2. The van der Waals surface area contributed by atoms with E-state index >= 15 is 0 Å². The van der Waals surface area contributed by atoms with Crippen molar-refractivity contribution in [3.05, 3.63) is 44.7 Å². The highest BCUT2D eigenvalue weighted by Crippen LogP contribution is 2.15. The van der Waals surface area contributed by atoms with Crippen LogP contribution in [0.5, 0.6) is 0 Å². The number of thiophene rings is 1. The van der Waals surface area contributed by atoms with E-state index in [1.807, 2.05) is 16.8 Å². The van der Waals surface area contributed by atoms with Crippen molar-refractivity contribution < 1.29 is 4.79 Å². The van der Waals surface area contributed by atoms with Crippen LogP contribution in [0.25, 0.3) is 0 Å². The summed E-state index contributed by atoms with van der Waals surface area (Å²) in [5.74, 6) is 0.0125. The molecule has 0 spiro atoms. The summed E-state index contributed by atoms with van der Waals surface area (Å²) < 4.78 is 0.729. The summed E-state index contributed by atoms with van der Waals surface area (Å²) in [7, 11) is 0. The third-order valence-electron chi connectivity index (χ3n) is 2.16. The van der Waals surface area contributed by atoms with Gasteiger partial charge in [0.05, 0.1) is 5.56 Å². The van der Waals surface area contributed by atoms with E-state index in [0.717, 1.165) is 10.0 Å². The summed E-state index contributed by atoms with van der Waals surface area (Å²) in [6.45, 7) is 0.494. The first kappa shape index (κ1) is 12.1. The van der Waals surface area contributed by atoms with Gasteiger partial charge in [-0.05, 0) is 44.4 Å². The zero-order valence-corrected chi connectivity index (χ0v) is 11.2. The van der Waals surface area contributed by atoms with Crippen LogP contribution in [0, 0.1) is 0 Å². The van der Waals surface area contributed by atoms with E-state index in [9.17, 15) is 4.79 Å². The van der Waals surface area contributed by atoms with Crippen molar-refractivity contribution in [2.24, 2.45) is 0 Å². The number of nitrogen functional groups attached to an aromatic ring is 1. The van der Waals surface area contributed by atoms with Gasteiger partial charge in [-0.1, -0.05) is 0 Å². The summed E-state index contributed by atoms with van der Waals surface area (Å²) in [4.78, 5) is 15.8. The SMILES string of the molecule is Nc1ncc(Br)cc1C(=O)NCc1ccsc1. The number of halogens is 1. The predicted octanol–water partition coefficient (Wildman–Crippen LogP) is 2.42. The summed E-state index contributed by atoms with van der Waals surface area (Å²) in [6, 6.07) is 3.62. The standard InChI is InChI=1S/C11H10BrN3OS/c12-8-3-9(10(13)14-5-8)11(16)15-4-7-1-2-17-6-7/h1-3,5-6H,4H2,(H2,13,14)(H,15,16). The molecule has 6 heteroatoms. The molecule has 0 aliphatic rings. The van der Waals surface area contributed by atoms with Gasteiger partial charge in [0.2, 0.25) is 0 Å². The fourth-order valence-corrected chi connectivity index (χ4v) is 2.30. The summed E-state index contributed by atoms with van der Waals surface area (Å²) in [5.41, 5.74) is 7.11. The van der Waals surface area contributed by atoms with Crippen LogP contribution in [0.15, 0.2) is 33.6 Å². The lowest BCUT2D eigenvalue weighted by Crippen LogP contribution is -2.23. The van der Waals surface area contributed by atoms with Crippen molar-refractivity contribution in [2.75, 3.05) is 5.73 Å². The molecule has 0 atom stereocenters. The van der Waals surface area contributed by atoms with E-state index in [4.69, 9.17) is 5.73 Å². The fraction of sp³-hybridized carbons (Fsp3) is 0.0909. The van der Waals surface area contributed by atoms with Gasteiger partial charge < -0.3 is 11.1 Å². The lowest BCUT2D eigenvalue weighted by Gasteiger charge is -2.06. The molecule has 0 bridgehead atoms. The number of anilines is 1. The van der Waals surface area contributed by atoms with Gasteiger partial charge in [0.15, 0.2) is 0 Å². The molecule has 2 heterocycles. The third-order valence-corrected chi connectivity index (χ3v) is 3.33. The van der Waals surface area contributed by atoms with Gasteiger partial charge >= 0.3 is 0 Å². The molecule has 0 unspecified atom stereocenters. The monoisotopic (exact) mass is 311 g/mol. The van der Waals surface area contributed by atoms with Crippen molar-refractivity contribution in [2.45, 2.75) is 6.54 Å². The van der Waals surface area contributed by atoms with Crippen molar-refractivity contribution in [1.29, 1.82) is 0 Å². The van der Waals surface area contributed by atoms with Crippen LogP contribution in [-0.4, -0.2) is 10.9 Å². The van der Waals surface area contributed by atoms with Crippen LogP contribution in [0.4, 0.5) is 5.82 Å². The van der Waals surface area contributed by atoms with Crippen LogP contribution < -0.4 is 11.1 Å². The maximum atomic E-state index is 11.9. The van der Waals surface area contributed by atoms with Crippen LogP contribution >= 0.6 is 27.3 Å². The number of amides is 1. The normalized spacial score (nSPS) is 10.2. The molecule has 4 nitrogen and oxygen atoms in total. The second-order valence-corrected chi connectivity index (χ2v) is 5.10. The minimum Gasteiger partial charge on any atom is -0.383 e. The van der Waals surface area contributed by atoms with Crippen LogP contribution in [0.3, 0.4) is 0 Å². The number of aromatic nitrogens is 1. The minimum atomic E-state index is -0.220. The van der Waals surface area contributed by atoms with Gasteiger partial charge in [-0.15, -0.1) is 0 Å². The number of hydrogen-bond donors (Lipinski definition) is 2. The second-order valence-electron chi connectivity index (χ2n) is 3.40. The Morgan fingerprint density at radius 3 is 3.12 bits per heavy atom. The number of carbonyl (C=O) groups excluding carboxylic acids is 1. The van der Waals surface area contributed by atoms with Crippen molar-refractivity contribution >= 4 is 39.0 Å². The first-order valence-corrected chi connectivity index (χ1v) is 6.60. The summed E-state index contributed by atoms with van der Waals surface area (Å²) >= 11 is 4.85. The molecule has 88 valence electrons. The Hall–Kier alpha value is -1.40. The third kappa shape index (κ3) is 3.04. The summed E-state index contributed by atoms with van der Waals surface area (Å²) in [6.07, 6.45) is 1.56. The van der Waals surface area contributed by atoms with Gasteiger partial charge in [0.25, 0.3) is 5.91 Å². The molecule has 2 aromatic rings. The minimum absolute atomic E-state index is 0.220. The largest absolute Gasteiger partial charge is 0.383 e. The molecule has 1 amide bonds. The van der Waals surface area contributed by atoms with Gasteiger partial charge in [-0.3, -0.25) is 4.79 Å². The van der Waals surface area contributed by atoms with Crippen molar-refractivity contribution in [3.8, 4) is 0 Å².